The monoisotopic (exact) mass is 287 g/mol. The zero-order chi connectivity index (χ0) is 15.2. The smallest absolute Gasteiger partial charge is 0.124 e. The number of hydrogen-bond acceptors (Lipinski definition) is 2. The van der Waals surface area contributed by atoms with Crippen molar-refractivity contribution in [3.63, 3.8) is 0 Å². The van der Waals surface area contributed by atoms with E-state index in [9.17, 15) is 0 Å². The summed E-state index contributed by atoms with van der Waals surface area (Å²) >= 11 is 0. The maximum absolute atomic E-state index is 4.79. The SMILES string of the molecule is CCCCN(CCCC)C(C)c1nc2ccc(C)cc2[nH]1. The first-order valence-corrected chi connectivity index (χ1v) is 8.36. The molecule has 21 heavy (non-hydrogen) atoms. The normalized spacial score (nSPS) is 13.2. The van der Waals surface area contributed by atoms with E-state index in [1.165, 1.54) is 31.2 Å². The van der Waals surface area contributed by atoms with Crippen molar-refractivity contribution < 1.29 is 0 Å². The molecular formula is C18H29N3. The maximum Gasteiger partial charge on any atom is 0.124 e. The molecule has 1 heterocycles. The molecule has 0 aliphatic heterocycles. The molecule has 116 valence electrons. The Morgan fingerprint density at radius 3 is 2.43 bits per heavy atom. The van der Waals surface area contributed by atoms with E-state index >= 15 is 0 Å². The van der Waals surface area contributed by atoms with Crippen LogP contribution in [0.1, 0.15) is 63.9 Å². The highest BCUT2D eigenvalue weighted by Gasteiger charge is 2.18. The van der Waals surface area contributed by atoms with Gasteiger partial charge >= 0.3 is 0 Å². The summed E-state index contributed by atoms with van der Waals surface area (Å²) in [5.74, 6) is 1.10. The van der Waals surface area contributed by atoms with E-state index in [0.717, 1.165) is 29.9 Å². The Morgan fingerprint density at radius 1 is 1.14 bits per heavy atom. The molecule has 0 bridgehead atoms. The number of hydrogen-bond donors (Lipinski definition) is 1. The minimum absolute atomic E-state index is 0.357. The van der Waals surface area contributed by atoms with E-state index in [2.05, 4.69) is 55.8 Å². The molecule has 0 saturated carbocycles. The molecule has 1 N–H and O–H groups in total. The Bertz CT molecular complexity index is 551. The number of aromatic amines is 1. The van der Waals surface area contributed by atoms with Gasteiger partial charge in [-0.2, -0.15) is 0 Å². The second-order valence-electron chi connectivity index (χ2n) is 6.06. The summed E-state index contributed by atoms with van der Waals surface area (Å²) in [6.45, 7) is 11.2. The summed E-state index contributed by atoms with van der Waals surface area (Å²) in [6.07, 6.45) is 5.00. The van der Waals surface area contributed by atoms with E-state index in [1.807, 2.05) is 0 Å². The second kappa shape index (κ2) is 7.60. The Hall–Kier alpha value is -1.35. The van der Waals surface area contributed by atoms with Crippen LogP contribution in [0.3, 0.4) is 0 Å². The van der Waals surface area contributed by atoms with Crippen LogP contribution in [0.4, 0.5) is 0 Å². The van der Waals surface area contributed by atoms with E-state index in [0.29, 0.717) is 6.04 Å². The summed E-state index contributed by atoms with van der Waals surface area (Å²) in [7, 11) is 0. The van der Waals surface area contributed by atoms with Gasteiger partial charge in [0.25, 0.3) is 0 Å². The summed E-state index contributed by atoms with van der Waals surface area (Å²) in [6, 6.07) is 6.78. The number of H-pyrrole nitrogens is 1. The Balaban J connectivity index is 2.17. The molecule has 1 aromatic heterocycles. The lowest BCUT2D eigenvalue weighted by Crippen LogP contribution is -2.29. The number of fused-ring (bicyclic) bond motifs is 1. The third kappa shape index (κ3) is 4.07. The summed E-state index contributed by atoms with van der Waals surface area (Å²) in [5, 5.41) is 0. The van der Waals surface area contributed by atoms with Gasteiger partial charge in [-0.25, -0.2) is 4.98 Å². The van der Waals surface area contributed by atoms with Crippen LogP contribution in [0.2, 0.25) is 0 Å². The molecule has 0 amide bonds. The van der Waals surface area contributed by atoms with Crippen LogP contribution < -0.4 is 0 Å². The number of benzene rings is 1. The molecular weight excluding hydrogens is 258 g/mol. The van der Waals surface area contributed by atoms with Gasteiger partial charge in [-0.1, -0.05) is 32.8 Å². The molecule has 0 radical (unpaired) electrons. The zero-order valence-electron chi connectivity index (χ0n) is 13.9. The van der Waals surface area contributed by atoms with Gasteiger partial charge < -0.3 is 4.98 Å². The van der Waals surface area contributed by atoms with Crippen molar-refractivity contribution in [3.8, 4) is 0 Å². The largest absolute Gasteiger partial charge is 0.341 e. The van der Waals surface area contributed by atoms with E-state index in [1.54, 1.807) is 0 Å². The Kier molecular flexibility index (Phi) is 5.80. The van der Waals surface area contributed by atoms with Crippen LogP contribution in [0, 0.1) is 6.92 Å². The maximum atomic E-state index is 4.79. The fraction of sp³-hybridized carbons (Fsp3) is 0.611. The number of aryl methyl sites for hydroxylation is 1. The van der Waals surface area contributed by atoms with Crippen LogP contribution in [-0.2, 0) is 0 Å². The van der Waals surface area contributed by atoms with Crippen molar-refractivity contribution in [2.75, 3.05) is 13.1 Å². The molecule has 0 aliphatic rings. The molecule has 0 aliphatic carbocycles. The lowest BCUT2D eigenvalue weighted by atomic mass is 10.2. The lowest BCUT2D eigenvalue weighted by molar-refractivity contribution is 0.198. The highest BCUT2D eigenvalue weighted by Crippen LogP contribution is 2.22. The molecule has 0 fully saturated rings. The van der Waals surface area contributed by atoms with Gasteiger partial charge in [-0.3, -0.25) is 4.90 Å². The van der Waals surface area contributed by atoms with Crippen molar-refractivity contribution in [2.24, 2.45) is 0 Å². The predicted molar refractivity (Wildman–Crippen MR) is 90.6 cm³/mol. The van der Waals surface area contributed by atoms with Crippen molar-refractivity contribution in [1.29, 1.82) is 0 Å². The topological polar surface area (TPSA) is 31.9 Å². The second-order valence-corrected chi connectivity index (χ2v) is 6.06. The van der Waals surface area contributed by atoms with Crippen LogP contribution >= 0.6 is 0 Å². The van der Waals surface area contributed by atoms with Crippen molar-refractivity contribution in [2.45, 2.75) is 59.4 Å². The number of aromatic nitrogens is 2. The first-order chi connectivity index (χ1) is 10.2. The molecule has 0 saturated heterocycles. The van der Waals surface area contributed by atoms with Gasteiger partial charge in [-0.15, -0.1) is 0 Å². The average Bonchev–Trinajstić information content (AvgIpc) is 2.89. The molecule has 1 aromatic carbocycles. The van der Waals surface area contributed by atoms with Crippen molar-refractivity contribution >= 4 is 11.0 Å². The van der Waals surface area contributed by atoms with E-state index < -0.39 is 0 Å². The van der Waals surface area contributed by atoms with Gasteiger partial charge in [0.15, 0.2) is 0 Å². The van der Waals surface area contributed by atoms with Crippen molar-refractivity contribution in [1.82, 2.24) is 14.9 Å². The minimum Gasteiger partial charge on any atom is -0.341 e. The number of rotatable bonds is 8. The summed E-state index contributed by atoms with van der Waals surface area (Å²) < 4.78 is 0. The van der Waals surface area contributed by atoms with Gasteiger partial charge in [0.1, 0.15) is 5.82 Å². The fourth-order valence-corrected chi connectivity index (χ4v) is 2.74. The fourth-order valence-electron chi connectivity index (χ4n) is 2.74. The molecule has 2 rings (SSSR count). The van der Waals surface area contributed by atoms with Crippen LogP contribution in [0.5, 0.6) is 0 Å². The molecule has 2 aromatic rings. The summed E-state index contributed by atoms with van der Waals surface area (Å²) in [5.41, 5.74) is 3.51. The van der Waals surface area contributed by atoms with Gasteiger partial charge in [-0.05, 0) is 57.5 Å². The van der Waals surface area contributed by atoms with Crippen LogP contribution in [0.25, 0.3) is 11.0 Å². The van der Waals surface area contributed by atoms with E-state index in [-0.39, 0.29) is 0 Å². The molecule has 1 unspecified atom stereocenters. The first kappa shape index (κ1) is 16.0. The number of imidazole rings is 1. The number of nitrogens with zero attached hydrogens (tertiary/aromatic N) is 2. The van der Waals surface area contributed by atoms with Gasteiger partial charge in [0, 0.05) is 0 Å². The Labute approximate surface area is 128 Å². The van der Waals surface area contributed by atoms with E-state index in [4.69, 9.17) is 4.98 Å². The molecule has 3 nitrogen and oxygen atoms in total. The molecule has 0 spiro atoms. The Morgan fingerprint density at radius 2 is 1.81 bits per heavy atom. The molecule has 1 atom stereocenters. The minimum atomic E-state index is 0.357. The standard InChI is InChI=1S/C18H29N3/c1-5-7-11-21(12-8-6-2)15(4)18-19-16-10-9-14(3)13-17(16)20-18/h9-10,13,15H,5-8,11-12H2,1-4H3,(H,19,20). The highest BCUT2D eigenvalue weighted by atomic mass is 15.2. The third-order valence-electron chi connectivity index (χ3n) is 4.20. The van der Waals surface area contributed by atoms with Crippen LogP contribution in [-0.4, -0.2) is 28.0 Å². The lowest BCUT2D eigenvalue weighted by Gasteiger charge is -2.27. The van der Waals surface area contributed by atoms with Crippen molar-refractivity contribution in [3.05, 3.63) is 29.6 Å². The zero-order valence-corrected chi connectivity index (χ0v) is 13.9. The predicted octanol–water partition coefficient (Wildman–Crippen LogP) is 4.83. The van der Waals surface area contributed by atoms with Gasteiger partial charge in [0.2, 0.25) is 0 Å². The quantitative estimate of drug-likeness (QED) is 0.753. The average molecular weight is 287 g/mol. The first-order valence-electron chi connectivity index (χ1n) is 8.36. The number of nitrogens with one attached hydrogen (secondary N) is 1. The summed E-state index contributed by atoms with van der Waals surface area (Å²) in [4.78, 5) is 10.9. The highest BCUT2D eigenvalue weighted by molar-refractivity contribution is 5.75. The molecule has 3 heteroatoms. The van der Waals surface area contributed by atoms with Gasteiger partial charge in [0.05, 0.1) is 17.1 Å². The number of unbranched alkanes of at least 4 members (excludes halogenated alkanes) is 2. The van der Waals surface area contributed by atoms with Crippen LogP contribution in [0.15, 0.2) is 18.2 Å². The third-order valence-corrected chi connectivity index (χ3v) is 4.20.